The number of likely N-dealkylation sites (N-methyl/N-ethyl adjacent to an activating group) is 1. The lowest BCUT2D eigenvalue weighted by molar-refractivity contribution is -0.120. The van der Waals surface area contributed by atoms with Crippen molar-refractivity contribution in [2.45, 2.75) is 39.3 Å². The Kier molecular flexibility index (Phi) is 2.59. The molecule has 2 aliphatic heterocycles. The van der Waals surface area contributed by atoms with E-state index in [1.807, 2.05) is 6.20 Å². The quantitative estimate of drug-likeness (QED) is 0.739. The van der Waals surface area contributed by atoms with Gasteiger partial charge in [0.05, 0.1) is 6.04 Å². The van der Waals surface area contributed by atoms with Crippen LogP contribution >= 0.6 is 0 Å². The summed E-state index contributed by atoms with van der Waals surface area (Å²) < 4.78 is 0. The molecule has 1 N–H and O–H groups in total. The Bertz CT molecular complexity index is 296. The van der Waals surface area contributed by atoms with Crippen molar-refractivity contribution >= 4 is 5.78 Å². The van der Waals surface area contributed by atoms with Crippen LogP contribution in [0.3, 0.4) is 0 Å². The largest absolute Gasteiger partial charge is 0.365 e. The van der Waals surface area contributed by atoms with Gasteiger partial charge in [-0.2, -0.15) is 0 Å². The van der Waals surface area contributed by atoms with Crippen molar-refractivity contribution in [2.24, 2.45) is 5.41 Å². The summed E-state index contributed by atoms with van der Waals surface area (Å²) in [5.41, 5.74) is 0.207. The molecule has 0 aromatic heterocycles. The average Bonchev–Trinajstić information content (AvgIpc) is 2.48. The Morgan fingerprint density at radius 3 is 3.00 bits per heavy atom. The first-order chi connectivity index (χ1) is 7.04. The Labute approximate surface area is 91.5 Å². The molecule has 1 fully saturated rings. The molecule has 2 unspecified atom stereocenters. The van der Waals surface area contributed by atoms with E-state index in [4.69, 9.17) is 0 Å². The third-order valence-electron chi connectivity index (χ3n) is 3.67. The first-order valence-corrected chi connectivity index (χ1v) is 5.76. The van der Waals surface area contributed by atoms with Crippen LogP contribution in [0.1, 0.15) is 27.2 Å². The smallest absolute Gasteiger partial charge is 0.179 e. The summed E-state index contributed by atoms with van der Waals surface area (Å²) in [4.78, 5) is 13.8. The predicted molar refractivity (Wildman–Crippen MR) is 60.5 cm³/mol. The fourth-order valence-corrected chi connectivity index (χ4v) is 2.64. The van der Waals surface area contributed by atoms with E-state index in [0.29, 0.717) is 6.04 Å². The molecule has 0 amide bonds. The van der Waals surface area contributed by atoms with Crippen LogP contribution < -0.4 is 5.32 Å². The van der Waals surface area contributed by atoms with Gasteiger partial charge in [-0.3, -0.25) is 4.79 Å². The van der Waals surface area contributed by atoms with E-state index in [9.17, 15) is 4.79 Å². The number of hydrogen-bond donors (Lipinski definition) is 1. The number of nitrogens with one attached hydrogen (secondary N) is 1. The van der Waals surface area contributed by atoms with Gasteiger partial charge in [0.1, 0.15) is 0 Å². The van der Waals surface area contributed by atoms with Gasteiger partial charge in [-0.15, -0.1) is 0 Å². The molecule has 0 bridgehead atoms. The van der Waals surface area contributed by atoms with E-state index >= 15 is 0 Å². The van der Waals surface area contributed by atoms with Gasteiger partial charge in [0.15, 0.2) is 5.78 Å². The van der Waals surface area contributed by atoms with Crippen LogP contribution in [0.15, 0.2) is 12.3 Å². The fourth-order valence-electron chi connectivity index (χ4n) is 2.64. The van der Waals surface area contributed by atoms with Crippen LogP contribution in [0.2, 0.25) is 0 Å². The third-order valence-corrected chi connectivity index (χ3v) is 3.67. The van der Waals surface area contributed by atoms with Gasteiger partial charge in [0, 0.05) is 18.8 Å². The number of rotatable bonds is 2. The number of carbonyl (C=O) groups is 1. The van der Waals surface area contributed by atoms with Crippen LogP contribution in [0.5, 0.6) is 0 Å². The van der Waals surface area contributed by atoms with Crippen molar-refractivity contribution in [3.05, 3.63) is 12.3 Å². The van der Waals surface area contributed by atoms with Crippen LogP contribution in [-0.4, -0.2) is 35.9 Å². The van der Waals surface area contributed by atoms with Gasteiger partial charge in [-0.05, 0) is 24.5 Å². The van der Waals surface area contributed by atoms with Crippen molar-refractivity contribution in [1.82, 2.24) is 10.2 Å². The normalized spacial score (nSPS) is 33.3. The molecule has 2 aliphatic rings. The third kappa shape index (κ3) is 1.81. The van der Waals surface area contributed by atoms with Gasteiger partial charge < -0.3 is 10.2 Å². The molecule has 0 radical (unpaired) electrons. The zero-order valence-corrected chi connectivity index (χ0v) is 9.79. The van der Waals surface area contributed by atoms with Gasteiger partial charge in [-0.25, -0.2) is 0 Å². The second kappa shape index (κ2) is 3.63. The zero-order chi connectivity index (χ0) is 11.1. The van der Waals surface area contributed by atoms with Crippen molar-refractivity contribution in [3.8, 4) is 0 Å². The lowest BCUT2D eigenvalue weighted by atomic mass is 9.74. The molecule has 2 atom stereocenters. The monoisotopic (exact) mass is 208 g/mol. The zero-order valence-electron chi connectivity index (χ0n) is 9.79. The van der Waals surface area contributed by atoms with E-state index in [0.717, 1.165) is 19.5 Å². The SMILES string of the molecule is CCNC1CN2C=CC(=O)C2CC1(C)C. The number of ketones is 1. The van der Waals surface area contributed by atoms with Crippen molar-refractivity contribution in [2.75, 3.05) is 13.1 Å². The van der Waals surface area contributed by atoms with Gasteiger partial charge in [0.2, 0.25) is 0 Å². The summed E-state index contributed by atoms with van der Waals surface area (Å²) in [6.07, 6.45) is 4.62. The lowest BCUT2D eigenvalue weighted by Gasteiger charge is -2.46. The molecule has 84 valence electrons. The highest BCUT2D eigenvalue weighted by Crippen LogP contribution is 2.36. The fraction of sp³-hybridized carbons (Fsp3) is 0.750. The molecule has 0 saturated carbocycles. The first-order valence-electron chi connectivity index (χ1n) is 5.76. The highest BCUT2D eigenvalue weighted by Gasteiger charge is 2.43. The Morgan fingerprint density at radius 2 is 2.33 bits per heavy atom. The topological polar surface area (TPSA) is 32.3 Å². The summed E-state index contributed by atoms with van der Waals surface area (Å²) in [5, 5.41) is 3.52. The maximum atomic E-state index is 11.6. The summed E-state index contributed by atoms with van der Waals surface area (Å²) in [6, 6.07) is 0.587. The van der Waals surface area contributed by atoms with Gasteiger partial charge in [-0.1, -0.05) is 20.8 Å². The molecule has 0 aromatic rings. The van der Waals surface area contributed by atoms with Crippen molar-refractivity contribution in [1.29, 1.82) is 0 Å². The van der Waals surface area contributed by atoms with E-state index in [1.165, 1.54) is 0 Å². The minimum Gasteiger partial charge on any atom is -0.365 e. The van der Waals surface area contributed by atoms with E-state index in [-0.39, 0.29) is 17.2 Å². The number of carbonyl (C=O) groups excluding carboxylic acids is 1. The number of nitrogens with zero attached hydrogens (tertiary/aromatic N) is 1. The highest BCUT2D eigenvalue weighted by molar-refractivity contribution is 5.96. The highest BCUT2D eigenvalue weighted by atomic mass is 16.1. The lowest BCUT2D eigenvalue weighted by Crippen LogP contribution is -2.57. The maximum absolute atomic E-state index is 11.6. The Morgan fingerprint density at radius 1 is 1.60 bits per heavy atom. The molecule has 2 rings (SSSR count). The molecule has 3 heteroatoms. The minimum absolute atomic E-state index is 0.106. The molecule has 3 nitrogen and oxygen atoms in total. The molecule has 0 aromatic carbocycles. The Hall–Kier alpha value is -0.830. The molecular weight excluding hydrogens is 188 g/mol. The van der Waals surface area contributed by atoms with E-state index < -0.39 is 0 Å². The molecule has 1 saturated heterocycles. The first kappa shape index (κ1) is 10.7. The van der Waals surface area contributed by atoms with Gasteiger partial charge >= 0.3 is 0 Å². The summed E-state index contributed by atoms with van der Waals surface area (Å²) in [7, 11) is 0. The second-order valence-electron chi connectivity index (χ2n) is 5.23. The molecular formula is C12H20N2O. The summed E-state index contributed by atoms with van der Waals surface area (Å²) in [5.74, 6) is 0.276. The van der Waals surface area contributed by atoms with Crippen molar-refractivity contribution in [3.63, 3.8) is 0 Å². The number of fused-ring (bicyclic) bond motifs is 1. The molecule has 15 heavy (non-hydrogen) atoms. The van der Waals surface area contributed by atoms with Crippen molar-refractivity contribution < 1.29 is 4.79 Å². The summed E-state index contributed by atoms with van der Waals surface area (Å²) >= 11 is 0. The Balaban J connectivity index is 2.13. The van der Waals surface area contributed by atoms with Crippen LogP contribution in [0.25, 0.3) is 0 Å². The van der Waals surface area contributed by atoms with E-state index in [1.54, 1.807) is 6.08 Å². The molecule has 0 aliphatic carbocycles. The number of hydrogen-bond acceptors (Lipinski definition) is 3. The second-order valence-corrected chi connectivity index (χ2v) is 5.23. The standard InChI is InChI=1S/C12H20N2O/c1-4-13-11-8-14-6-5-10(15)9(14)7-12(11,2)3/h5-6,9,11,13H,4,7-8H2,1-3H3. The minimum atomic E-state index is 0.106. The molecule has 2 heterocycles. The summed E-state index contributed by atoms with van der Waals surface area (Å²) in [6.45, 7) is 8.58. The van der Waals surface area contributed by atoms with Gasteiger partial charge in [0.25, 0.3) is 0 Å². The molecule has 0 spiro atoms. The van der Waals surface area contributed by atoms with Crippen LogP contribution in [0, 0.1) is 5.41 Å². The number of piperidine rings is 1. The average molecular weight is 208 g/mol. The predicted octanol–water partition coefficient (Wildman–Crippen LogP) is 1.16. The van der Waals surface area contributed by atoms with Crippen LogP contribution in [-0.2, 0) is 4.79 Å². The van der Waals surface area contributed by atoms with Crippen LogP contribution in [0.4, 0.5) is 0 Å². The van der Waals surface area contributed by atoms with E-state index in [2.05, 4.69) is 31.0 Å². The maximum Gasteiger partial charge on any atom is 0.179 e.